The van der Waals surface area contributed by atoms with Crippen molar-refractivity contribution in [3.63, 3.8) is 0 Å². The number of carbonyl (C=O) groups excluding carboxylic acids is 2. The number of hydrogen-bond donors (Lipinski definition) is 0. The van der Waals surface area contributed by atoms with Crippen LogP contribution < -0.4 is 4.90 Å². The lowest BCUT2D eigenvalue weighted by Gasteiger charge is -2.39. The van der Waals surface area contributed by atoms with E-state index in [1.165, 1.54) is 12.1 Å². The van der Waals surface area contributed by atoms with Gasteiger partial charge in [-0.05, 0) is 31.0 Å². The summed E-state index contributed by atoms with van der Waals surface area (Å²) in [6, 6.07) is 15.1. The summed E-state index contributed by atoms with van der Waals surface area (Å²) in [6.07, 6.45) is 1.00. The minimum Gasteiger partial charge on any atom is -0.329 e. The zero-order valence-corrected chi connectivity index (χ0v) is 15.1. The van der Waals surface area contributed by atoms with E-state index < -0.39 is 11.0 Å². The van der Waals surface area contributed by atoms with Gasteiger partial charge in [-0.25, -0.2) is 0 Å². The Morgan fingerprint density at radius 2 is 1.78 bits per heavy atom. The van der Waals surface area contributed by atoms with E-state index in [1.807, 2.05) is 30.3 Å². The molecule has 1 heterocycles. The number of carbonyl (C=O) groups is 2. The Hall–Kier alpha value is -3.22. The molecule has 2 amide bonds. The van der Waals surface area contributed by atoms with Crippen LogP contribution in [0.4, 0.5) is 11.4 Å². The Labute approximate surface area is 157 Å². The smallest absolute Gasteiger partial charge is 0.269 e. The molecule has 140 valence electrons. The van der Waals surface area contributed by atoms with Crippen molar-refractivity contribution < 1.29 is 14.5 Å². The number of nitrogens with zero attached hydrogens (tertiary/aromatic N) is 3. The van der Waals surface area contributed by atoms with Gasteiger partial charge in [-0.15, -0.1) is 0 Å². The third-order valence-corrected chi connectivity index (χ3v) is 4.82. The van der Waals surface area contributed by atoms with Crippen LogP contribution in [0.3, 0.4) is 0 Å². The predicted molar refractivity (Wildman–Crippen MR) is 101 cm³/mol. The minimum absolute atomic E-state index is 0.0195. The maximum absolute atomic E-state index is 12.7. The van der Waals surface area contributed by atoms with Crippen LogP contribution in [0.1, 0.15) is 18.9 Å². The van der Waals surface area contributed by atoms with Gasteiger partial charge in [-0.3, -0.25) is 19.7 Å². The second-order valence-corrected chi connectivity index (χ2v) is 6.51. The van der Waals surface area contributed by atoms with Gasteiger partial charge in [0.2, 0.25) is 11.8 Å². The van der Waals surface area contributed by atoms with Gasteiger partial charge >= 0.3 is 0 Å². The molecule has 2 aromatic carbocycles. The number of nitro benzene ring substituents is 1. The maximum atomic E-state index is 12.7. The fraction of sp³-hybridized carbons (Fsp3) is 0.300. The molecule has 0 radical (unpaired) electrons. The molecule has 27 heavy (non-hydrogen) atoms. The Kier molecular flexibility index (Phi) is 5.49. The normalized spacial score (nSPS) is 17.1. The second-order valence-electron chi connectivity index (χ2n) is 6.51. The lowest BCUT2D eigenvalue weighted by atomic mass is 10.1. The summed E-state index contributed by atoms with van der Waals surface area (Å²) in [5.74, 6) is -0.216. The van der Waals surface area contributed by atoms with Crippen LogP contribution in [0.2, 0.25) is 0 Å². The van der Waals surface area contributed by atoms with E-state index in [-0.39, 0.29) is 17.5 Å². The fourth-order valence-corrected chi connectivity index (χ4v) is 3.26. The Morgan fingerprint density at radius 3 is 2.41 bits per heavy atom. The lowest BCUT2D eigenvalue weighted by molar-refractivity contribution is -0.384. The van der Waals surface area contributed by atoms with Crippen LogP contribution in [0, 0.1) is 10.1 Å². The summed E-state index contributed by atoms with van der Waals surface area (Å²) < 4.78 is 0. The van der Waals surface area contributed by atoms with Gasteiger partial charge in [0.15, 0.2) is 0 Å². The van der Waals surface area contributed by atoms with E-state index in [1.54, 1.807) is 28.9 Å². The van der Waals surface area contributed by atoms with Gasteiger partial charge in [0.1, 0.15) is 6.04 Å². The van der Waals surface area contributed by atoms with Crippen molar-refractivity contribution in [1.29, 1.82) is 0 Å². The molecule has 7 heteroatoms. The number of anilines is 1. The largest absolute Gasteiger partial charge is 0.329 e. The van der Waals surface area contributed by atoms with Crippen molar-refractivity contribution >= 4 is 23.2 Å². The lowest BCUT2D eigenvalue weighted by Crippen LogP contribution is -2.57. The number of benzene rings is 2. The highest BCUT2D eigenvalue weighted by Gasteiger charge is 2.34. The molecular weight excluding hydrogens is 346 g/mol. The van der Waals surface area contributed by atoms with Gasteiger partial charge in [0.25, 0.3) is 5.69 Å². The van der Waals surface area contributed by atoms with Crippen molar-refractivity contribution in [3.8, 4) is 0 Å². The molecule has 0 bridgehead atoms. The Morgan fingerprint density at radius 1 is 1.11 bits per heavy atom. The van der Waals surface area contributed by atoms with Crippen molar-refractivity contribution in [1.82, 2.24) is 4.90 Å². The Bertz CT molecular complexity index is 836. The van der Waals surface area contributed by atoms with Crippen LogP contribution in [0.25, 0.3) is 0 Å². The van der Waals surface area contributed by atoms with E-state index in [9.17, 15) is 19.7 Å². The van der Waals surface area contributed by atoms with E-state index in [4.69, 9.17) is 0 Å². The monoisotopic (exact) mass is 367 g/mol. The molecule has 0 aromatic heterocycles. The number of rotatable bonds is 5. The van der Waals surface area contributed by atoms with Crippen molar-refractivity contribution in [3.05, 3.63) is 70.3 Å². The zero-order chi connectivity index (χ0) is 19.4. The topological polar surface area (TPSA) is 83.8 Å². The fourth-order valence-electron chi connectivity index (χ4n) is 3.26. The summed E-state index contributed by atoms with van der Waals surface area (Å²) in [4.78, 5) is 38.8. The number of non-ortho nitro benzene ring substituents is 1. The maximum Gasteiger partial charge on any atom is 0.269 e. The highest BCUT2D eigenvalue weighted by molar-refractivity contribution is 6.00. The van der Waals surface area contributed by atoms with Gasteiger partial charge in [0.05, 0.1) is 4.92 Å². The molecule has 1 aliphatic heterocycles. The standard InChI is InChI=1S/C20H21N3O4/c1-15-20(25)22(17-8-10-18(11-9-17)23(26)27)14-13-21(15)19(24)12-7-16-5-3-2-4-6-16/h2-6,8-11,15H,7,12-14H2,1H3/t15-/m0/s1. The first kappa shape index (κ1) is 18.6. The first-order valence-electron chi connectivity index (χ1n) is 8.86. The SMILES string of the molecule is C[C@H]1C(=O)N(c2ccc([N+](=O)[O-])cc2)CCN1C(=O)CCc1ccccc1. The third-order valence-electron chi connectivity index (χ3n) is 4.82. The van der Waals surface area contributed by atoms with Gasteiger partial charge in [-0.2, -0.15) is 0 Å². The molecule has 2 aromatic rings. The molecule has 7 nitrogen and oxygen atoms in total. The molecule has 1 fully saturated rings. The first-order valence-corrected chi connectivity index (χ1v) is 8.86. The second kappa shape index (κ2) is 7.99. The summed E-state index contributed by atoms with van der Waals surface area (Å²) in [6.45, 7) is 2.54. The highest BCUT2D eigenvalue weighted by Crippen LogP contribution is 2.23. The molecule has 0 saturated carbocycles. The average Bonchev–Trinajstić information content (AvgIpc) is 2.69. The third kappa shape index (κ3) is 4.13. The van der Waals surface area contributed by atoms with Crippen LogP contribution in [-0.4, -0.2) is 40.8 Å². The molecule has 0 spiro atoms. The van der Waals surface area contributed by atoms with E-state index in [0.29, 0.717) is 31.6 Å². The molecule has 1 atom stereocenters. The number of piperazine rings is 1. The molecule has 1 saturated heterocycles. The highest BCUT2D eigenvalue weighted by atomic mass is 16.6. The molecule has 0 unspecified atom stereocenters. The van der Waals surface area contributed by atoms with Crippen LogP contribution in [0.15, 0.2) is 54.6 Å². The van der Waals surface area contributed by atoms with Crippen LogP contribution in [-0.2, 0) is 16.0 Å². The molecule has 3 rings (SSSR count). The Balaban J connectivity index is 1.63. The summed E-state index contributed by atoms with van der Waals surface area (Å²) in [5.41, 5.74) is 1.68. The van der Waals surface area contributed by atoms with Crippen molar-refractivity contribution in [2.24, 2.45) is 0 Å². The molecule has 1 aliphatic rings. The molecule has 0 aliphatic carbocycles. The molecular formula is C20H21N3O4. The van der Waals surface area contributed by atoms with E-state index >= 15 is 0 Å². The number of nitro groups is 1. The van der Waals surface area contributed by atoms with Gasteiger partial charge < -0.3 is 9.80 Å². The molecule has 0 N–H and O–H groups in total. The van der Waals surface area contributed by atoms with Crippen LogP contribution >= 0.6 is 0 Å². The summed E-state index contributed by atoms with van der Waals surface area (Å²) in [5, 5.41) is 10.8. The summed E-state index contributed by atoms with van der Waals surface area (Å²) in [7, 11) is 0. The van der Waals surface area contributed by atoms with Crippen LogP contribution in [0.5, 0.6) is 0 Å². The van der Waals surface area contributed by atoms with Crippen molar-refractivity contribution in [2.75, 3.05) is 18.0 Å². The minimum atomic E-state index is -0.558. The predicted octanol–water partition coefficient (Wildman–Crippen LogP) is 2.79. The first-order chi connectivity index (χ1) is 13.0. The summed E-state index contributed by atoms with van der Waals surface area (Å²) >= 11 is 0. The van der Waals surface area contributed by atoms with Gasteiger partial charge in [-0.1, -0.05) is 30.3 Å². The number of aryl methyl sites for hydroxylation is 1. The number of hydrogen-bond acceptors (Lipinski definition) is 4. The van der Waals surface area contributed by atoms with Crippen molar-refractivity contribution in [2.45, 2.75) is 25.8 Å². The van der Waals surface area contributed by atoms with E-state index in [2.05, 4.69) is 0 Å². The quantitative estimate of drug-likeness (QED) is 0.601. The average molecular weight is 367 g/mol. The van der Waals surface area contributed by atoms with E-state index in [0.717, 1.165) is 5.56 Å². The zero-order valence-electron chi connectivity index (χ0n) is 15.1. The number of amides is 2. The van der Waals surface area contributed by atoms with Gasteiger partial charge in [0, 0.05) is 37.3 Å².